The quantitative estimate of drug-likeness (QED) is 0.878. The molecule has 2 heterocycles. The Hall–Kier alpha value is -2.80. The summed E-state index contributed by atoms with van der Waals surface area (Å²) < 4.78 is 15.9. The van der Waals surface area contributed by atoms with E-state index >= 15 is 0 Å². The maximum absolute atomic E-state index is 12.0. The first-order valence-corrected chi connectivity index (χ1v) is 7.09. The Morgan fingerprint density at radius 1 is 1.26 bits per heavy atom. The Balaban J connectivity index is 1.60. The van der Waals surface area contributed by atoms with Crippen molar-refractivity contribution in [2.45, 2.75) is 12.5 Å². The minimum atomic E-state index is -1.15. The molecule has 0 saturated carbocycles. The average Bonchev–Trinajstić information content (AvgIpc) is 3.20. The van der Waals surface area contributed by atoms with E-state index in [4.69, 9.17) is 19.0 Å². The number of carbonyl (C=O) groups is 2. The second-order valence-electron chi connectivity index (χ2n) is 5.09. The van der Waals surface area contributed by atoms with Gasteiger partial charge in [-0.15, -0.1) is 0 Å². The summed E-state index contributed by atoms with van der Waals surface area (Å²) in [6.45, 7) is 1.29. The highest BCUT2D eigenvalue weighted by molar-refractivity contribution is 6.03. The standard InChI is InChI=1S/C16H15NO6/c18-15(14-7-10(8-22-14)16(19)20)17-11-1-3-12(4-2-11)23-13-5-6-21-9-13/h1-4,7-8,13H,5-6,9H2,(H,17,18)(H,19,20). The molecule has 1 aromatic heterocycles. The van der Waals surface area contributed by atoms with Gasteiger partial charge in [-0.1, -0.05) is 0 Å². The van der Waals surface area contributed by atoms with Gasteiger partial charge in [0.2, 0.25) is 0 Å². The van der Waals surface area contributed by atoms with Gasteiger partial charge in [0.15, 0.2) is 5.76 Å². The fourth-order valence-corrected chi connectivity index (χ4v) is 2.18. The van der Waals surface area contributed by atoms with Gasteiger partial charge < -0.3 is 24.3 Å². The predicted molar refractivity (Wildman–Crippen MR) is 79.9 cm³/mol. The number of carbonyl (C=O) groups excluding carboxylic acids is 1. The monoisotopic (exact) mass is 317 g/mol. The van der Waals surface area contributed by atoms with Crippen molar-refractivity contribution in [3.05, 3.63) is 47.9 Å². The van der Waals surface area contributed by atoms with Crippen LogP contribution in [0, 0.1) is 0 Å². The van der Waals surface area contributed by atoms with E-state index in [-0.39, 0.29) is 17.4 Å². The topological polar surface area (TPSA) is 98.0 Å². The number of anilines is 1. The van der Waals surface area contributed by atoms with Crippen LogP contribution in [0.3, 0.4) is 0 Å². The first-order valence-electron chi connectivity index (χ1n) is 7.09. The Morgan fingerprint density at radius 3 is 2.65 bits per heavy atom. The first kappa shape index (κ1) is 15.1. The smallest absolute Gasteiger partial charge is 0.338 e. The summed E-state index contributed by atoms with van der Waals surface area (Å²) in [5, 5.41) is 11.4. The zero-order chi connectivity index (χ0) is 16.2. The average molecular weight is 317 g/mol. The molecule has 7 nitrogen and oxygen atoms in total. The fraction of sp³-hybridized carbons (Fsp3) is 0.250. The van der Waals surface area contributed by atoms with E-state index < -0.39 is 11.9 Å². The van der Waals surface area contributed by atoms with Crippen molar-refractivity contribution in [1.29, 1.82) is 0 Å². The highest BCUT2D eigenvalue weighted by Gasteiger charge is 2.17. The van der Waals surface area contributed by atoms with Gasteiger partial charge in [0.05, 0.1) is 18.8 Å². The molecule has 0 radical (unpaired) electrons. The molecule has 1 saturated heterocycles. The molecular formula is C16H15NO6. The molecule has 120 valence electrons. The second-order valence-corrected chi connectivity index (χ2v) is 5.09. The van der Waals surface area contributed by atoms with Crippen molar-refractivity contribution in [3.8, 4) is 5.75 Å². The van der Waals surface area contributed by atoms with E-state index in [0.717, 1.165) is 12.7 Å². The summed E-state index contributed by atoms with van der Waals surface area (Å²) >= 11 is 0. The van der Waals surface area contributed by atoms with Crippen LogP contribution in [-0.4, -0.2) is 36.3 Å². The van der Waals surface area contributed by atoms with Crippen molar-refractivity contribution in [1.82, 2.24) is 0 Å². The molecule has 1 aliphatic heterocycles. The molecule has 1 aromatic carbocycles. The number of carboxylic acid groups (broad SMARTS) is 1. The van der Waals surface area contributed by atoms with Crippen molar-refractivity contribution in [3.63, 3.8) is 0 Å². The summed E-state index contributed by atoms with van der Waals surface area (Å²) in [4.78, 5) is 22.7. The predicted octanol–water partition coefficient (Wildman–Crippen LogP) is 2.40. The van der Waals surface area contributed by atoms with E-state index in [1.54, 1.807) is 24.3 Å². The van der Waals surface area contributed by atoms with Crippen LogP contribution < -0.4 is 10.1 Å². The molecule has 2 aromatic rings. The molecule has 1 fully saturated rings. The summed E-state index contributed by atoms with van der Waals surface area (Å²) in [6.07, 6.45) is 1.95. The third-order valence-corrected chi connectivity index (χ3v) is 3.37. The van der Waals surface area contributed by atoms with Crippen LogP contribution in [0.5, 0.6) is 5.75 Å². The number of furan rings is 1. The Kier molecular flexibility index (Phi) is 4.29. The zero-order valence-corrected chi connectivity index (χ0v) is 12.2. The third-order valence-electron chi connectivity index (χ3n) is 3.37. The molecule has 2 N–H and O–H groups in total. The van der Waals surface area contributed by atoms with Gasteiger partial charge in [-0.3, -0.25) is 4.79 Å². The number of amides is 1. The van der Waals surface area contributed by atoms with Crippen LogP contribution in [0.15, 0.2) is 41.0 Å². The molecule has 0 aliphatic carbocycles. The number of ether oxygens (including phenoxy) is 2. The molecule has 1 aliphatic rings. The number of rotatable bonds is 5. The summed E-state index contributed by atoms with van der Waals surface area (Å²) in [5.41, 5.74) is 0.482. The van der Waals surface area contributed by atoms with Crippen LogP contribution in [0.25, 0.3) is 0 Å². The van der Waals surface area contributed by atoms with Gasteiger partial charge >= 0.3 is 5.97 Å². The van der Waals surface area contributed by atoms with E-state index in [9.17, 15) is 9.59 Å². The van der Waals surface area contributed by atoms with E-state index in [2.05, 4.69) is 5.32 Å². The van der Waals surface area contributed by atoms with Gasteiger partial charge in [0.25, 0.3) is 5.91 Å². The normalized spacial score (nSPS) is 17.0. The van der Waals surface area contributed by atoms with E-state index in [1.165, 1.54) is 6.07 Å². The Labute approximate surface area is 131 Å². The van der Waals surface area contributed by atoms with Gasteiger partial charge in [0.1, 0.15) is 18.1 Å². The lowest BCUT2D eigenvalue weighted by Crippen LogP contribution is -2.15. The largest absolute Gasteiger partial charge is 0.488 e. The molecule has 1 unspecified atom stereocenters. The number of aromatic carboxylic acids is 1. The van der Waals surface area contributed by atoms with Crippen LogP contribution in [0.2, 0.25) is 0 Å². The summed E-state index contributed by atoms with van der Waals surface area (Å²) in [5.74, 6) is -1.03. The highest BCUT2D eigenvalue weighted by atomic mass is 16.5. The lowest BCUT2D eigenvalue weighted by molar-refractivity contribution is 0.0696. The number of carboxylic acids is 1. The number of benzene rings is 1. The molecule has 3 rings (SSSR count). The molecular weight excluding hydrogens is 302 g/mol. The summed E-state index contributed by atoms with van der Waals surface area (Å²) in [7, 11) is 0. The number of nitrogens with one attached hydrogen (secondary N) is 1. The molecule has 1 atom stereocenters. The van der Waals surface area contributed by atoms with Crippen molar-refractivity contribution >= 4 is 17.6 Å². The minimum absolute atomic E-state index is 0.0630. The Bertz CT molecular complexity index is 700. The van der Waals surface area contributed by atoms with Gasteiger partial charge in [-0.25, -0.2) is 4.79 Å². The lowest BCUT2D eigenvalue weighted by atomic mass is 10.2. The van der Waals surface area contributed by atoms with E-state index in [0.29, 0.717) is 24.7 Å². The lowest BCUT2D eigenvalue weighted by Gasteiger charge is -2.12. The van der Waals surface area contributed by atoms with E-state index in [1.807, 2.05) is 0 Å². The third kappa shape index (κ3) is 3.70. The fourth-order valence-electron chi connectivity index (χ4n) is 2.18. The zero-order valence-electron chi connectivity index (χ0n) is 12.2. The van der Waals surface area contributed by atoms with Crippen LogP contribution >= 0.6 is 0 Å². The first-order chi connectivity index (χ1) is 11.1. The maximum Gasteiger partial charge on any atom is 0.338 e. The van der Waals surface area contributed by atoms with Crippen LogP contribution in [-0.2, 0) is 4.74 Å². The van der Waals surface area contributed by atoms with Gasteiger partial charge in [-0.05, 0) is 24.3 Å². The number of hydrogen-bond acceptors (Lipinski definition) is 5. The van der Waals surface area contributed by atoms with Crippen molar-refractivity contribution < 1.29 is 28.6 Å². The van der Waals surface area contributed by atoms with Gasteiger partial charge in [0, 0.05) is 18.2 Å². The molecule has 23 heavy (non-hydrogen) atoms. The summed E-state index contributed by atoms with van der Waals surface area (Å²) in [6, 6.07) is 8.07. The molecule has 0 spiro atoms. The minimum Gasteiger partial charge on any atom is -0.488 e. The molecule has 0 bridgehead atoms. The van der Waals surface area contributed by atoms with Crippen molar-refractivity contribution in [2.75, 3.05) is 18.5 Å². The van der Waals surface area contributed by atoms with Crippen LogP contribution in [0.1, 0.15) is 27.3 Å². The SMILES string of the molecule is O=C(O)c1coc(C(=O)Nc2ccc(OC3CCOC3)cc2)c1. The molecule has 1 amide bonds. The second kappa shape index (κ2) is 6.53. The van der Waals surface area contributed by atoms with Gasteiger partial charge in [-0.2, -0.15) is 0 Å². The number of hydrogen-bond donors (Lipinski definition) is 2. The molecule has 7 heteroatoms. The highest BCUT2D eigenvalue weighted by Crippen LogP contribution is 2.20. The Morgan fingerprint density at radius 2 is 2.04 bits per heavy atom. The van der Waals surface area contributed by atoms with Crippen LogP contribution in [0.4, 0.5) is 5.69 Å². The van der Waals surface area contributed by atoms with Crippen molar-refractivity contribution in [2.24, 2.45) is 0 Å². The maximum atomic E-state index is 12.0.